The van der Waals surface area contributed by atoms with Crippen molar-refractivity contribution in [2.45, 2.75) is 19.4 Å². The lowest BCUT2D eigenvalue weighted by Gasteiger charge is -2.17. The molecule has 1 aromatic heterocycles. The Balaban J connectivity index is 1.87. The van der Waals surface area contributed by atoms with E-state index in [0.29, 0.717) is 24.2 Å². The van der Waals surface area contributed by atoms with Crippen molar-refractivity contribution in [3.05, 3.63) is 30.1 Å². The van der Waals surface area contributed by atoms with Gasteiger partial charge in [-0.3, -0.25) is 4.31 Å². The molecule has 0 saturated carbocycles. The highest BCUT2D eigenvalue weighted by Crippen LogP contribution is 2.28. The van der Waals surface area contributed by atoms with E-state index in [2.05, 4.69) is 15.5 Å². The Morgan fingerprint density at radius 2 is 2.25 bits per heavy atom. The van der Waals surface area contributed by atoms with E-state index in [1.807, 2.05) is 0 Å². The predicted octanol–water partition coefficient (Wildman–Crippen LogP) is 1.01. The van der Waals surface area contributed by atoms with Crippen molar-refractivity contribution in [1.82, 2.24) is 15.5 Å². The van der Waals surface area contributed by atoms with Gasteiger partial charge in [-0.1, -0.05) is 11.2 Å². The molecule has 2 aromatic rings. The van der Waals surface area contributed by atoms with Crippen LogP contribution < -0.4 is 15.4 Å². The van der Waals surface area contributed by atoms with Crippen LogP contribution in [0.5, 0.6) is 0 Å². The zero-order valence-electron chi connectivity index (χ0n) is 13.0. The maximum atomic E-state index is 12.0. The molecular weight excluding hydrogens is 334 g/mol. The molecule has 1 aliphatic rings. The number of nitrogens with two attached hydrogens (primary N) is 1. The lowest BCUT2D eigenvalue weighted by atomic mass is 10.2. The smallest absolute Gasteiger partial charge is 0.312 e. The second kappa shape index (κ2) is 6.11. The van der Waals surface area contributed by atoms with Crippen molar-refractivity contribution < 1.29 is 17.7 Å². The summed E-state index contributed by atoms with van der Waals surface area (Å²) >= 11 is 0. The maximum Gasteiger partial charge on any atom is 0.312 e. The summed E-state index contributed by atoms with van der Waals surface area (Å²) in [5, 5.41) is 6.27. The Morgan fingerprint density at radius 3 is 2.92 bits per heavy atom. The molecule has 1 aromatic carbocycles. The third-order valence-electron chi connectivity index (χ3n) is 3.67. The van der Waals surface area contributed by atoms with Gasteiger partial charge in [0.15, 0.2) is 5.82 Å². The normalized spacial score (nSPS) is 17.6. The number of carbonyl (C=O) groups excluding carboxylic acids is 1. The lowest BCUT2D eigenvalue weighted by molar-refractivity contribution is 0.245. The van der Waals surface area contributed by atoms with E-state index >= 15 is 0 Å². The van der Waals surface area contributed by atoms with Crippen molar-refractivity contribution in [3.8, 4) is 11.5 Å². The molecular formula is C14H17N5O4S. The highest BCUT2D eigenvalue weighted by Gasteiger charge is 2.28. The van der Waals surface area contributed by atoms with Crippen LogP contribution in [-0.4, -0.2) is 36.9 Å². The molecule has 24 heavy (non-hydrogen) atoms. The van der Waals surface area contributed by atoms with Gasteiger partial charge < -0.3 is 15.6 Å². The number of hydrogen-bond donors (Lipinski definition) is 2. The minimum absolute atomic E-state index is 0.151. The van der Waals surface area contributed by atoms with Crippen LogP contribution in [0.15, 0.2) is 28.8 Å². The summed E-state index contributed by atoms with van der Waals surface area (Å²) in [4.78, 5) is 15.1. The second-order valence-electron chi connectivity index (χ2n) is 5.48. The van der Waals surface area contributed by atoms with Gasteiger partial charge in [-0.05, 0) is 31.5 Å². The molecule has 1 saturated heterocycles. The fraction of sp³-hybridized carbons (Fsp3) is 0.357. The summed E-state index contributed by atoms with van der Waals surface area (Å²) in [5.41, 5.74) is 6.23. The average Bonchev–Trinajstić information content (AvgIpc) is 3.13. The van der Waals surface area contributed by atoms with Crippen LogP contribution in [0.25, 0.3) is 11.5 Å². The zero-order valence-corrected chi connectivity index (χ0v) is 13.8. The van der Waals surface area contributed by atoms with E-state index in [1.165, 1.54) is 4.31 Å². The molecule has 3 N–H and O–H groups in total. The van der Waals surface area contributed by atoms with E-state index in [4.69, 9.17) is 10.3 Å². The first kappa shape index (κ1) is 16.2. The van der Waals surface area contributed by atoms with Gasteiger partial charge in [0.05, 0.1) is 17.5 Å². The minimum Gasteiger partial charge on any atom is -0.352 e. The summed E-state index contributed by atoms with van der Waals surface area (Å²) in [7, 11) is -3.26. The van der Waals surface area contributed by atoms with Crippen LogP contribution in [0.1, 0.15) is 25.2 Å². The number of nitrogens with zero attached hydrogens (tertiary/aromatic N) is 3. The minimum atomic E-state index is -3.26. The first-order valence-corrected chi connectivity index (χ1v) is 8.98. The molecule has 9 nitrogen and oxygen atoms in total. The highest BCUT2D eigenvalue weighted by molar-refractivity contribution is 7.93. The summed E-state index contributed by atoms with van der Waals surface area (Å²) in [6.45, 7) is 2.13. The molecule has 128 valence electrons. The molecule has 3 rings (SSSR count). The molecule has 0 spiro atoms. The van der Waals surface area contributed by atoms with Gasteiger partial charge >= 0.3 is 6.03 Å². The van der Waals surface area contributed by atoms with Crippen LogP contribution in [0.3, 0.4) is 0 Å². The van der Waals surface area contributed by atoms with E-state index in [0.717, 1.165) is 0 Å². The van der Waals surface area contributed by atoms with Crippen LogP contribution >= 0.6 is 0 Å². The number of rotatable bonds is 4. The Kier molecular flexibility index (Phi) is 4.14. The molecule has 0 aliphatic carbocycles. The van der Waals surface area contributed by atoms with Crippen molar-refractivity contribution in [2.24, 2.45) is 5.73 Å². The van der Waals surface area contributed by atoms with Crippen molar-refractivity contribution >= 4 is 21.7 Å². The quantitative estimate of drug-likeness (QED) is 0.845. The lowest BCUT2D eigenvalue weighted by Crippen LogP contribution is -2.32. The van der Waals surface area contributed by atoms with Crippen LogP contribution in [0.2, 0.25) is 0 Å². The largest absolute Gasteiger partial charge is 0.352 e. The third kappa shape index (κ3) is 3.18. The van der Waals surface area contributed by atoms with Gasteiger partial charge in [0.25, 0.3) is 5.89 Å². The number of primary amides is 1. The highest BCUT2D eigenvalue weighted by atomic mass is 32.2. The number of carbonyl (C=O) groups is 1. The van der Waals surface area contributed by atoms with Crippen LogP contribution in [0.4, 0.5) is 10.5 Å². The Morgan fingerprint density at radius 1 is 1.46 bits per heavy atom. The van der Waals surface area contributed by atoms with Crippen molar-refractivity contribution in [2.75, 3.05) is 16.6 Å². The molecule has 2 heterocycles. The fourth-order valence-corrected chi connectivity index (χ4v) is 4.09. The van der Waals surface area contributed by atoms with Gasteiger partial charge in [0.2, 0.25) is 10.0 Å². The van der Waals surface area contributed by atoms with Crippen LogP contribution in [0, 0.1) is 0 Å². The van der Waals surface area contributed by atoms with Gasteiger partial charge in [-0.15, -0.1) is 0 Å². The van der Waals surface area contributed by atoms with E-state index in [-0.39, 0.29) is 17.5 Å². The summed E-state index contributed by atoms with van der Waals surface area (Å²) in [5.74, 6) is 0.669. The Bertz CT molecular complexity index is 864. The van der Waals surface area contributed by atoms with Crippen LogP contribution in [-0.2, 0) is 10.0 Å². The third-order valence-corrected chi connectivity index (χ3v) is 5.54. The molecule has 0 radical (unpaired) electrons. The number of sulfonamides is 1. The molecule has 2 amide bonds. The number of amides is 2. The number of aromatic nitrogens is 2. The molecule has 1 unspecified atom stereocenters. The van der Waals surface area contributed by atoms with E-state index < -0.39 is 22.1 Å². The number of anilines is 1. The fourth-order valence-electron chi connectivity index (χ4n) is 2.53. The number of hydrogen-bond acceptors (Lipinski definition) is 6. The van der Waals surface area contributed by atoms with Crippen molar-refractivity contribution in [3.63, 3.8) is 0 Å². The first-order chi connectivity index (χ1) is 11.4. The number of nitrogens with one attached hydrogen (secondary N) is 1. The monoisotopic (exact) mass is 351 g/mol. The summed E-state index contributed by atoms with van der Waals surface area (Å²) in [6, 6.07) is 5.70. The van der Waals surface area contributed by atoms with Gasteiger partial charge in [0, 0.05) is 12.1 Å². The maximum absolute atomic E-state index is 12.0. The topological polar surface area (TPSA) is 131 Å². The number of urea groups is 1. The second-order valence-corrected chi connectivity index (χ2v) is 7.49. The zero-order chi connectivity index (χ0) is 17.3. The summed E-state index contributed by atoms with van der Waals surface area (Å²) < 4.78 is 30.6. The van der Waals surface area contributed by atoms with Crippen molar-refractivity contribution in [1.29, 1.82) is 0 Å². The standard InChI is InChI=1S/C14H17N5O4S/c1-9(16-14(15)20)12-17-13(23-18-12)10-4-2-5-11(8-10)19-6-3-7-24(19,21)22/h2,4-5,8-9H,3,6-7H2,1H3,(H3,15,16,20). The van der Waals surface area contributed by atoms with E-state index in [9.17, 15) is 13.2 Å². The Labute approximate surface area is 138 Å². The molecule has 0 bridgehead atoms. The van der Waals surface area contributed by atoms with E-state index in [1.54, 1.807) is 31.2 Å². The summed E-state index contributed by atoms with van der Waals surface area (Å²) in [6.07, 6.45) is 0.605. The van der Waals surface area contributed by atoms with Gasteiger partial charge in [0.1, 0.15) is 0 Å². The molecule has 1 aliphatic heterocycles. The molecule has 1 fully saturated rings. The molecule has 1 atom stereocenters. The number of benzene rings is 1. The SMILES string of the molecule is CC(NC(N)=O)c1noc(-c2cccc(N3CCCS3(=O)=O)c2)n1. The van der Waals surface area contributed by atoms with Gasteiger partial charge in [-0.2, -0.15) is 4.98 Å². The molecule has 10 heteroatoms. The first-order valence-electron chi connectivity index (χ1n) is 7.37. The average molecular weight is 351 g/mol. The Hall–Kier alpha value is -2.62. The predicted molar refractivity (Wildman–Crippen MR) is 86.6 cm³/mol. The van der Waals surface area contributed by atoms with Gasteiger partial charge in [-0.25, -0.2) is 13.2 Å².